The molecule has 2 unspecified atom stereocenters. The molecule has 6 rings (SSSR count). The molecule has 48 heavy (non-hydrogen) atoms. The lowest BCUT2D eigenvalue weighted by molar-refractivity contribution is -0.127. The molecule has 1 N–H and O–H groups in total. The fraction of sp³-hybridized carbons (Fsp3) is 0.400. The Morgan fingerprint density at radius 1 is 1.02 bits per heavy atom. The number of rotatable bonds is 5. The van der Waals surface area contributed by atoms with Crippen molar-refractivity contribution in [3.8, 4) is 22.6 Å². The van der Waals surface area contributed by atoms with Crippen LogP contribution >= 0.6 is 0 Å². The van der Waals surface area contributed by atoms with Crippen LogP contribution in [-0.2, 0) is 4.79 Å². The minimum absolute atomic E-state index is 0.00000777. The molecule has 2 aromatic heterocycles. The Hall–Kier alpha value is -4.94. The zero-order valence-electron chi connectivity index (χ0n) is 27.8. The molecule has 0 aliphatic carbocycles. The smallest absolute Gasteiger partial charge is 0.354 e. The summed E-state index contributed by atoms with van der Waals surface area (Å²) in [6, 6.07) is 2.61. The van der Waals surface area contributed by atoms with Crippen LogP contribution in [-0.4, -0.2) is 74.2 Å². The molecule has 1 saturated heterocycles. The zero-order chi connectivity index (χ0) is 34.8. The van der Waals surface area contributed by atoms with Crippen molar-refractivity contribution < 1.29 is 23.1 Å². The van der Waals surface area contributed by atoms with E-state index in [1.54, 1.807) is 16.8 Å². The summed E-state index contributed by atoms with van der Waals surface area (Å²) in [5.74, 6) is -4.76. The van der Waals surface area contributed by atoms with Gasteiger partial charge in [-0.1, -0.05) is 40.3 Å². The predicted molar refractivity (Wildman–Crippen MR) is 178 cm³/mol. The van der Waals surface area contributed by atoms with Gasteiger partial charge in [-0.15, -0.1) is 0 Å². The van der Waals surface area contributed by atoms with E-state index in [0.29, 0.717) is 17.8 Å². The Morgan fingerprint density at radius 3 is 2.29 bits per heavy atom. The van der Waals surface area contributed by atoms with Gasteiger partial charge in [-0.3, -0.25) is 9.36 Å². The number of anilines is 2. The SMILES string of the molecule is C=CC(=O)N1CC(C)N2c3nc(=O)n(-c4c(C(C)C)ncnc4C(C)C)c4c(F)c(-c5c(O)cccc5F)c(F)c(c34)N(C)CCC2C1. The second kappa shape index (κ2) is 12.3. The Labute approximate surface area is 276 Å². The Bertz CT molecular complexity index is 1980. The Balaban J connectivity index is 1.84. The highest BCUT2D eigenvalue weighted by Gasteiger charge is 2.41. The number of aromatic nitrogens is 4. The summed E-state index contributed by atoms with van der Waals surface area (Å²) in [4.78, 5) is 45.8. The highest BCUT2D eigenvalue weighted by molar-refractivity contribution is 6.05. The summed E-state index contributed by atoms with van der Waals surface area (Å²) in [6.07, 6.45) is 3.05. The molecule has 0 radical (unpaired) electrons. The minimum atomic E-state index is -1.25. The third kappa shape index (κ3) is 5.06. The first-order chi connectivity index (χ1) is 22.8. The Kier molecular flexibility index (Phi) is 8.42. The van der Waals surface area contributed by atoms with E-state index in [0.717, 1.165) is 16.7 Å². The summed E-state index contributed by atoms with van der Waals surface area (Å²) in [7, 11) is 1.62. The van der Waals surface area contributed by atoms with Crippen molar-refractivity contribution in [2.45, 2.75) is 65.0 Å². The van der Waals surface area contributed by atoms with Gasteiger partial charge in [-0.25, -0.2) is 27.9 Å². The number of benzene rings is 2. The lowest BCUT2D eigenvalue weighted by Crippen LogP contribution is -2.60. The maximum absolute atomic E-state index is 17.5. The predicted octanol–water partition coefficient (Wildman–Crippen LogP) is 5.64. The van der Waals surface area contributed by atoms with E-state index in [1.165, 1.54) is 18.5 Å². The topological polar surface area (TPSA) is 108 Å². The Morgan fingerprint density at radius 2 is 1.69 bits per heavy atom. The van der Waals surface area contributed by atoms with Crippen molar-refractivity contribution in [1.29, 1.82) is 0 Å². The quantitative estimate of drug-likeness (QED) is 0.274. The highest BCUT2D eigenvalue weighted by atomic mass is 19.1. The standard InChI is InChI=1S/C35H38F3N7O3/c1-8-23(47)43-14-19(6)44-20(15-43)12-13-42(7)31-26-32(28(38)25(27(31)37)24-21(36)10-9-11-22(24)46)45(35(48)41-34(26)44)33-29(17(2)3)39-16-40-30(33)18(4)5/h8-11,16-20,46H,1,12-15H2,2-7H3. The number of phenols is 1. The van der Waals surface area contributed by atoms with Gasteiger partial charge in [0.25, 0.3) is 0 Å². The van der Waals surface area contributed by atoms with E-state index >= 15 is 13.2 Å². The van der Waals surface area contributed by atoms with Crippen LogP contribution in [0.25, 0.3) is 27.7 Å². The van der Waals surface area contributed by atoms with Crippen molar-refractivity contribution in [2.75, 3.05) is 36.5 Å². The van der Waals surface area contributed by atoms with E-state index in [2.05, 4.69) is 21.5 Å². The number of hydrogen-bond acceptors (Lipinski definition) is 8. The molecule has 0 bridgehead atoms. The number of aromatic hydroxyl groups is 1. The van der Waals surface area contributed by atoms with E-state index in [-0.39, 0.29) is 71.5 Å². The number of piperazine rings is 1. The molecule has 10 nitrogen and oxygen atoms in total. The number of hydrogen-bond donors (Lipinski definition) is 1. The lowest BCUT2D eigenvalue weighted by Gasteiger charge is -2.48. The molecule has 4 heterocycles. The van der Waals surface area contributed by atoms with E-state index in [4.69, 9.17) is 0 Å². The number of phenolic OH excluding ortho intramolecular Hbond substituents is 1. The summed E-state index contributed by atoms with van der Waals surface area (Å²) >= 11 is 0. The van der Waals surface area contributed by atoms with Crippen molar-refractivity contribution in [3.63, 3.8) is 0 Å². The molecular formula is C35H38F3N7O3. The van der Waals surface area contributed by atoms with Crippen LogP contribution in [0, 0.1) is 17.5 Å². The normalized spacial score (nSPS) is 17.9. The van der Waals surface area contributed by atoms with Crippen LogP contribution in [0.15, 0.2) is 42.0 Å². The molecule has 2 atom stereocenters. The van der Waals surface area contributed by atoms with Crippen LogP contribution in [0.5, 0.6) is 5.75 Å². The van der Waals surface area contributed by atoms with Gasteiger partial charge in [0.15, 0.2) is 11.6 Å². The monoisotopic (exact) mass is 661 g/mol. The van der Waals surface area contributed by atoms with Gasteiger partial charge in [0.1, 0.15) is 29.2 Å². The molecule has 2 aliphatic heterocycles. The van der Waals surface area contributed by atoms with Gasteiger partial charge in [0.05, 0.1) is 45.3 Å². The van der Waals surface area contributed by atoms with Gasteiger partial charge in [0.2, 0.25) is 5.91 Å². The number of halogens is 3. The fourth-order valence-corrected chi connectivity index (χ4v) is 7.15. The molecule has 2 aromatic carbocycles. The fourth-order valence-electron chi connectivity index (χ4n) is 7.15. The van der Waals surface area contributed by atoms with Gasteiger partial charge in [-0.05, 0) is 43.4 Å². The molecule has 0 saturated carbocycles. The number of carbonyl (C=O) groups is 1. The number of amides is 1. The van der Waals surface area contributed by atoms with Gasteiger partial charge in [0, 0.05) is 32.7 Å². The van der Waals surface area contributed by atoms with Crippen LogP contribution in [0.2, 0.25) is 0 Å². The first kappa shape index (κ1) is 33.0. The lowest BCUT2D eigenvalue weighted by atomic mass is 9.94. The minimum Gasteiger partial charge on any atom is -0.507 e. The third-order valence-corrected chi connectivity index (χ3v) is 9.30. The molecule has 13 heteroatoms. The van der Waals surface area contributed by atoms with Crippen molar-refractivity contribution in [3.05, 3.63) is 76.5 Å². The van der Waals surface area contributed by atoms with Crippen LogP contribution in [0.3, 0.4) is 0 Å². The molecule has 2 aliphatic rings. The first-order valence-electron chi connectivity index (χ1n) is 16.0. The maximum Gasteiger partial charge on any atom is 0.354 e. The maximum atomic E-state index is 17.5. The molecular weight excluding hydrogens is 623 g/mol. The van der Waals surface area contributed by atoms with Gasteiger partial charge in [-0.2, -0.15) is 4.98 Å². The number of carbonyl (C=O) groups excluding carboxylic acids is 1. The summed E-state index contributed by atoms with van der Waals surface area (Å²) < 4.78 is 51.2. The van der Waals surface area contributed by atoms with E-state index in [9.17, 15) is 14.7 Å². The van der Waals surface area contributed by atoms with Crippen LogP contribution in [0.1, 0.15) is 64.3 Å². The average molecular weight is 662 g/mol. The van der Waals surface area contributed by atoms with Crippen molar-refractivity contribution in [2.24, 2.45) is 0 Å². The molecule has 1 amide bonds. The first-order valence-corrected chi connectivity index (χ1v) is 16.0. The van der Waals surface area contributed by atoms with Crippen LogP contribution < -0.4 is 15.5 Å². The molecule has 1 fully saturated rings. The third-order valence-electron chi connectivity index (χ3n) is 9.30. The van der Waals surface area contributed by atoms with E-state index in [1.807, 2.05) is 39.5 Å². The second-order valence-corrected chi connectivity index (χ2v) is 13.1. The molecule has 4 aromatic rings. The molecule has 0 spiro atoms. The summed E-state index contributed by atoms with van der Waals surface area (Å²) in [6.45, 7) is 13.8. The second-order valence-electron chi connectivity index (χ2n) is 13.1. The average Bonchev–Trinajstić information content (AvgIpc) is 3.03. The number of nitrogens with zero attached hydrogens (tertiary/aromatic N) is 7. The van der Waals surface area contributed by atoms with Crippen molar-refractivity contribution in [1.82, 2.24) is 24.4 Å². The van der Waals surface area contributed by atoms with E-state index < -0.39 is 46.1 Å². The summed E-state index contributed by atoms with van der Waals surface area (Å²) in [5.41, 5.74) is -1.71. The summed E-state index contributed by atoms with van der Waals surface area (Å²) in [5, 5.41) is 10.8. The molecule has 252 valence electrons. The van der Waals surface area contributed by atoms with Gasteiger partial charge >= 0.3 is 5.69 Å². The highest BCUT2D eigenvalue weighted by Crippen LogP contribution is 2.48. The van der Waals surface area contributed by atoms with Gasteiger partial charge < -0.3 is 19.8 Å². The largest absolute Gasteiger partial charge is 0.507 e. The van der Waals surface area contributed by atoms with Crippen molar-refractivity contribution >= 4 is 28.3 Å². The van der Waals surface area contributed by atoms with Crippen LogP contribution in [0.4, 0.5) is 24.7 Å². The number of fused-ring (bicyclic) bond motifs is 2. The zero-order valence-corrected chi connectivity index (χ0v) is 27.8.